The molecule has 1 aromatic rings. The number of nitrogens with one attached hydrogen (secondary N) is 1. The molecule has 0 spiro atoms. The topological polar surface area (TPSA) is 114 Å². The molecule has 0 bridgehead atoms. The Labute approximate surface area is 93.7 Å². The highest BCUT2D eigenvalue weighted by atomic mass is 15.1. The minimum atomic E-state index is 0.0483. The fraction of sp³-hybridized carbons (Fsp3) is 0.500. The number of aromatic nitrogens is 2. The van der Waals surface area contributed by atoms with Crippen LogP contribution < -0.4 is 16.8 Å². The highest BCUT2D eigenvalue weighted by Crippen LogP contribution is 2.26. The van der Waals surface area contributed by atoms with Gasteiger partial charge in [0.25, 0.3) is 0 Å². The lowest BCUT2D eigenvalue weighted by Gasteiger charge is -2.14. The van der Waals surface area contributed by atoms with Crippen molar-refractivity contribution in [1.29, 1.82) is 5.26 Å². The van der Waals surface area contributed by atoms with Gasteiger partial charge in [0.2, 0.25) is 5.82 Å². The van der Waals surface area contributed by atoms with Crippen LogP contribution in [0.3, 0.4) is 0 Å². The van der Waals surface area contributed by atoms with Crippen LogP contribution in [0.1, 0.15) is 31.5 Å². The smallest absolute Gasteiger partial charge is 0.236 e. The van der Waals surface area contributed by atoms with Gasteiger partial charge in [-0.25, -0.2) is 0 Å². The van der Waals surface area contributed by atoms with E-state index in [0.29, 0.717) is 17.5 Å². The number of nitrogens with two attached hydrogens (primary N) is 2. The lowest BCUT2D eigenvalue weighted by Crippen LogP contribution is -2.18. The third-order valence-corrected chi connectivity index (χ3v) is 2.77. The van der Waals surface area contributed by atoms with E-state index in [9.17, 15) is 0 Å². The summed E-state index contributed by atoms with van der Waals surface area (Å²) in [5, 5.41) is 12.0. The molecule has 1 fully saturated rings. The molecule has 0 aromatic carbocycles. The van der Waals surface area contributed by atoms with Gasteiger partial charge in [-0.1, -0.05) is 12.8 Å². The fourth-order valence-corrected chi connectivity index (χ4v) is 1.91. The van der Waals surface area contributed by atoms with E-state index < -0.39 is 0 Å². The number of nitrogen functional groups attached to an aromatic ring is 2. The van der Waals surface area contributed by atoms with E-state index in [0.717, 1.165) is 12.8 Å². The van der Waals surface area contributed by atoms with Crippen LogP contribution in [0.2, 0.25) is 0 Å². The van der Waals surface area contributed by atoms with Gasteiger partial charge in [-0.15, -0.1) is 0 Å². The van der Waals surface area contributed by atoms with Crippen LogP contribution in [-0.4, -0.2) is 16.0 Å². The summed E-state index contributed by atoms with van der Waals surface area (Å²) >= 11 is 0. The lowest BCUT2D eigenvalue weighted by atomic mass is 10.2. The quantitative estimate of drug-likeness (QED) is 0.678. The minimum Gasteiger partial charge on any atom is -0.393 e. The number of hydrogen-bond donors (Lipinski definition) is 3. The number of nitrogens with zero attached hydrogens (tertiary/aromatic N) is 3. The monoisotopic (exact) mass is 218 g/mol. The van der Waals surface area contributed by atoms with Crippen LogP contribution in [0.4, 0.5) is 17.3 Å². The summed E-state index contributed by atoms with van der Waals surface area (Å²) in [6.45, 7) is 0. The third-order valence-electron chi connectivity index (χ3n) is 2.77. The van der Waals surface area contributed by atoms with Gasteiger partial charge in [0.05, 0.1) is 0 Å². The summed E-state index contributed by atoms with van der Waals surface area (Å²) in [6, 6.07) is 2.24. The molecule has 1 aromatic heterocycles. The Morgan fingerprint density at radius 3 is 2.56 bits per heavy atom. The van der Waals surface area contributed by atoms with Crippen LogP contribution in [0, 0.1) is 11.3 Å². The van der Waals surface area contributed by atoms with Gasteiger partial charge in [-0.2, -0.15) is 15.2 Å². The maximum atomic E-state index is 8.74. The standard InChI is InChI=1S/C10H14N6/c11-5-7-15-9(13)8(12)10(16-7)14-6-3-1-2-4-6/h6H,1-4,12H2,(H3,13,14,15,16). The van der Waals surface area contributed by atoms with Crippen LogP contribution in [0.15, 0.2) is 0 Å². The molecule has 1 saturated carbocycles. The van der Waals surface area contributed by atoms with Crippen LogP contribution in [0.25, 0.3) is 0 Å². The third kappa shape index (κ3) is 1.98. The number of hydrogen-bond acceptors (Lipinski definition) is 6. The average molecular weight is 218 g/mol. The van der Waals surface area contributed by atoms with Crippen molar-refractivity contribution in [2.24, 2.45) is 0 Å². The van der Waals surface area contributed by atoms with Crippen molar-refractivity contribution in [3.05, 3.63) is 5.82 Å². The maximum absolute atomic E-state index is 8.74. The van der Waals surface area contributed by atoms with E-state index in [-0.39, 0.29) is 11.6 Å². The van der Waals surface area contributed by atoms with E-state index >= 15 is 0 Å². The van der Waals surface area contributed by atoms with Gasteiger partial charge < -0.3 is 16.8 Å². The Bertz CT molecular complexity index is 430. The molecule has 1 aliphatic rings. The van der Waals surface area contributed by atoms with Crippen LogP contribution in [0.5, 0.6) is 0 Å². The molecule has 2 rings (SSSR count). The van der Waals surface area contributed by atoms with E-state index in [2.05, 4.69) is 15.3 Å². The first-order valence-electron chi connectivity index (χ1n) is 5.30. The average Bonchev–Trinajstić information content (AvgIpc) is 2.77. The molecule has 1 aliphatic carbocycles. The molecule has 0 aliphatic heterocycles. The van der Waals surface area contributed by atoms with Crippen molar-refractivity contribution >= 4 is 17.3 Å². The summed E-state index contributed by atoms with van der Waals surface area (Å²) in [6.07, 6.45) is 4.63. The summed E-state index contributed by atoms with van der Waals surface area (Å²) in [4.78, 5) is 7.79. The van der Waals surface area contributed by atoms with Crippen molar-refractivity contribution in [2.75, 3.05) is 16.8 Å². The Morgan fingerprint density at radius 2 is 1.94 bits per heavy atom. The Kier molecular flexibility index (Phi) is 2.77. The second-order valence-corrected chi connectivity index (χ2v) is 3.93. The molecule has 84 valence electrons. The molecular formula is C10H14N6. The molecule has 6 nitrogen and oxygen atoms in total. The van der Waals surface area contributed by atoms with Gasteiger partial charge in [0.1, 0.15) is 11.8 Å². The van der Waals surface area contributed by atoms with E-state index in [1.54, 1.807) is 0 Å². The van der Waals surface area contributed by atoms with Crippen molar-refractivity contribution in [1.82, 2.24) is 9.97 Å². The molecular weight excluding hydrogens is 204 g/mol. The van der Waals surface area contributed by atoms with Gasteiger partial charge in [-0.3, -0.25) is 0 Å². The predicted octanol–water partition coefficient (Wildman–Crippen LogP) is 0.867. The number of nitriles is 1. The molecule has 16 heavy (non-hydrogen) atoms. The fourth-order valence-electron chi connectivity index (χ4n) is 1.91. The largest absolute Gasteiger partial charge is 0.393 e. The van der Waals surface area contributed by atoms with Gasteiger partial charge in [0, 0.05) is 6.04 Å². The summed E-state index contributed by atoms with van der Waals surface area (Å²) in [7, 11) is 0. The van der Waals surface area contributed by atoms with E-state index in [1.165, 1.54) is 12.8 Å². The van der Waals surface area contributed by atoms with Crippen LogP contribution >= 0.6 is 0 Å². The lowest BCUT2D eigenvalue weighted by molar-refractivity contribution is 0.750. The molecule has 1 heterocycles. The van der Waals surface area contributed by atoms with Crippen molar-refractivity contribution in [3.8, 4) is 6.07 Å². The molecule has 0 radical (unpaired) electrons. The van der Waals surface area contributed by atoms with Crippen molar-refractivity contribution in [2.45, 2.75) is 31.7 Å². The zero-order valence-electron chi connectivity index (χ0n) is 8.90. The molecule has 0 unspecified atom stereocenters. The first-order chi connectivity index (χ1) is 7.70. The van der Waals surface area contributed by atoms with E-state index in [4.69, 9.17) is 16.7 Å². The zero-order chi connectivity index (χ0) is 11.5. The maximum Gasteiger partial charge on any atom is 0.236 e. The minimum absolute atomic E-state index is 0.0483. The van der Waals surface area contributed by atoms with E-state index in [1.807, 2.05) is 6.07 Å². The van der Waals surface area contributed by atoms with Crippen molar-refractivity contribution < 1.29 is 0 Å². The Hall–Kier alpha value is -2.03. The molecule has 0 amide bonds. The molecule has 0 atom stereocenters. The van der Waals surface area contributed by atoms with Gasteiger partial charge in [-0.05, 0) is 12.8 Å². The SMILES string of the molecule is N#Cc1nc(N)c(N)c(NC2CCCC2)n1. The highest BCUT2D eigenvalue weighted by Gasteiger charge is 2.17. The Morgan fingerprint density at radius 1 is 1.25 bits per heavy atom. The number of rotatable bonds is 2. The normalized spacial score (nSPS) is 15.9. The molecule has 0 saturated heterocycles. The Balaban J connectivity index is 2.25. The molecule has 6 heteroatoms. The zero-order valence-corrected chi connectivity index (χ0v) is 8.90. The highest BCUT2D eigenvalue weighted by molar-refractivity contribution is 5.73. The number of anilines is 3. The predicted molar refractivity (Wildman–Crippen MR) is 61.5 cm³/mol. The van der Waals surface area contributed by atoms with Gasteiger partial charge in [0.15, 0.2) is 11.6 Å². The second kappa shape index (κ2) is 4.23. The second-order valence-electron chi connectivity index (χ2n) is 3.93. The first-order valence-corrected chi connectivity index (χ1v) is 5.30. The summed E-state index contributed by atoms with van der Waals surface area (Å²) in [5.74, 6) is 0.690. The summed E-state index contributed by atoms with van der Waals surface area (Å²) < 4.78 is 0. The van der Waals surface area contributed by atoms with Crippen molar-refractivity contribution in [3.63, 3.8) is 0 Å². The summed E-state index contributed by atoms with van der Waals surface area (Å²) in [5.41, 5.74) is 11.7. The van der Waals surface area contributed by atoms with Crippen LogP contribution in [-0.2, 0) is 0 Å². The van der Waals surface area contributed by atoms with Gasteiger partial charge >= 0.3 is 0 Å². The molecule has 5 N–H and O–H groups in total. The first kappa shape index (κ1) is 10.5.